The van der Waals surface area contributed by atoms with Gasteiger partial charge in [-0.05, 0) is 35.6 Å². The number of fused-ring (bicyclic) bond motifs is 1. The number of thiophene rings is 1. The molecule has 1 aliphatic heterocycles. The van der Waals surface area contributed by atoms with Crippen molar-refractivity contribution in [3.05, 3.63) is 52.6 Å². The fourth-order valence-electron chi connectivity index (χ4n) is 3.21. The van der Waals surface area contributed by atoms with Gasteiger partial charge in [-0.15, -0.1) is 11.3 Å². The Morgan fingerprint density at radius 3 is 2.71 bits per heavy atom. The number of carbonyl (C=O) groups is 1. The summed E-state index contributed by atoms with van der Waals surface area (Å²) in [5.41, 5.74) is 6.21. The van der Waals surface area contributed by atoms with Crippen molar-refractivity contribution in [3.63, 3.8) is 0 Å². The first-order valence-electron chi connectivity index (χ1n) is 7.55. The van der Waals surface area contributed by atoms with E-state index in [1.165, 1.54) is 0 Å². The Morgan fingerprint density at radius 1 is 1.25 bits per heavy atom. The van der Waals surface area contributed by atoms with Gasteiger partial charge in [0.2, 0.25) is 5.91 Å². The van der Waals surface area contributed by atoms with Crippen LogP contribution in [0.15, 0.2) is 42.0 Å². The zero-order valence-corrected chi connectivity index (χ0v) is 14.3. The van der Waals surface area contributed by atoms with Gasteiger partial charge < -0.3 is 10.6 Å². The summed E-state index contributed by atoms with van der Waals surface area (Å²) >= 11 is 7.51. The number of primary amides is 1. The van der Waals surface area contributed by atoms with Crippen molar-refractivity contribution in [2.75, 3.05) is 18.0 Å². The topological polar surface area (TPSA) is 72.1 Å². The van der Waals surface area contributed by atoms with Crippen molar-refractivity contribution in [1.82, 2.24) is 9.97 Å². The molecule has 0 bridgehead atoms. The van der Waals surface area contributed by atoms with Crippen LogP contribution in [0, 0.1) is 5.41 Å². The Balaban J connectivity index is 1.58. The van der Waals surface area contributed by atoms with Crippen LogP contribution in [0.1, 0.15) is 5.56 Å². The molecule has 0 unspecified atom stereocenters. The molecule has 3 aromatic rings. The van der Waals surface area contributed by atoms with E-state index in [4.69, 9.17) is 17.3 Å². The Labute approximate surface area is 148 Å². The predicted molar refractivity (Wildman–Crippen MR) is 96.4 cm³/mol. The highest BCUT2D eigenvalue weighted by atomic mass is 35.5. The fraction of sp³-hybridized carbons (Fsp3) is 0.235. The molecule has 1 fully saturated rings. The summed E-state index contributed by atoms with van der Waals surface area (Å²) in [6.45, 7) is 1.12. The van der Waals surface area contributed by atoms with Crippen LogP contribution in [-0.4, -0.2) is 29.0 Å². The van der Waals surface area contributed by atoms with E-state index in [0.29, 0.717) is 24.5 Å². The van der Waals surface area contributed by atoms with Crippen molar-refractivity contribution in [1.29, 1.82) is 0 Å². The zero-order valence-electron chi connectivity index (χ0n) is 12.8. The summed E-state index contributed by atoms with van der Waals surface area (Å²) < 4.78 is 0. The number of amides is 1. The van der Waals surface area contributed by atoms with Crippen LogP contribution in [0.5, 0.6) is 0 Å². The third-order valence-corrected chi connectivity index (χ3v) is 5.58. The van der Waals surface area contributed by atoms with Crippen molar-refractivity contribution in [2.45, 2.75) is 6.42 Å². The van der Waals surface area contributed by atoms with Crippen molar-refractivity contribution >= 4 is 44.9 Å². The van der Waals surface area contributed by atoms with Gasteiger partial charge in [0.05, 0.1) is 10.8 Å². The molecule has 24 heavy (non-hydrogen) atoms. The number of hydrogen-bond donors (Lipinski definition) is 1. The lowest BCUT2D eigenvalue weighted by molar-refractivity contribution is -0.129. The highest BCUT2D eigenvalue weighted by Gasteiger charge is 2.48. The summed E-state index contributed by atoms with van der Waals surface area (Å²) in [5.74, 6) is 0.596. The largest absolute Gasteiger partial charge is 0.369 e. The lowest BCUT2D eigenvalue weighted by Crippen LogP contribution is -2.64. The van der Waals surface area contributed by atoms with Gasteiger partial charge in [-0.1, -0.05) is 23.7 Å². The smallest absolute Gasteiger partial charge is 0.227 e. The molecular weight excluding hydrogens is 344 g/mol. The quantitative estimate of drug-likeness (QED) is 0.778. The maximum absolute atomic E-state index is 12.1. The number of rotatable bonds is 4. The average molecular weight is 359 g/mol. The first-order chi connectivity index (χ1) is 11.6. The van der Waals surface area contributed by atoms with Crippen LogP contribution in [0.25, 0.3) is 10.2 Å². The van der Waals surface area contributed by atoms with E-state index in [1.807, 2.05) is 35.7 Å². The summed E-state index contributed by atoms with van der Waals surface area (Å²) in [7, 11) is 0. The standard InChI is InChI=1S/C17H15ClN4OS/c18-12-3-1-11(2-4-12)7-17(16(19)23)8-22(9-17)14-13-5-6-24-15(13)21-10-20-14/h1-6,10H,7-9H2,(H2,19,23). The molecule has 1 saturated heterocycles. The van der Waals surface area contributed by atoms with Gasteiger partial charge >= 0.3 is 0 Å². The first kappa shape index (κ1) is 15.4. The van der Waals surface area contributed by atoms with E-state index in [0.717, 1.165) is 21.6 Å². The third-order valence-electron chi connectivity index (χ3n) is 4.51. The molecule has 7 heteroatoms. The molecule has 3 heterocycles. The molecule has 1 aliphatic rings. The van der Waals surface area contributed by atoms with E-state index in [9.17, 15) is 4.79 Å². The van der Waals surface area contributed by atoms with E-state index in [1.54, 1.807) is 17.7 Å². The molecule has 5 nitrogen and oxygen atoms in total. The number of nitrogens with zero attached hydrogens (tertiary/aromatic N) is 3. The summed E-state index contributed by atoms with van der Waals surface area (Å²) in [6, 6.07) is 9.57. The van der Waals surface area contributed by atoms with Gasteiger partial charge in [-0.25, -0.2) is 9.97 Å². The number of hydrogen-bond acceptors (Lipinski definition) is 5. The number of nitrogens with two attached hydrogens (primary N) is 1. The normalized spacial score (nSPS) is 16.1. The van der Waals surface area contributed by atoms with E-state index in [-0.39, 0.29) is 5.91 Å². The maximum Gasteiger partial charge on any atom is 0.227 e. The molecular formula is C17H15ClN4OS. The van der Waals surface area contributed by atoms with E-state index in [2.05, 4.69) is 14.9 Å². The van der Waals surface area contributed by atoms with Crippen LogP contribution in [0.4, 0.5) is 5.82 Å². The SMILES string of the molecule is NC(=O)C1(Cc2ccc(Cl)cc2)CN(c2ncnc3sccc23)C1. The molecule has 0 radical (unpaired) electrons. The summed E-state index contributed by atoms with van der Waals surface area (Å²) in [6.07, 6.45) is 2.17. The highest BCUT2D eigenvalue weighted by molar-refractivity contribution is 7.16. The Kier molecular flexibility index (Phi) is 3.66. The minimum atomic E-state index is -0.568. The van der Waals surface area contributed by atoms with Gasteiger partial charge in [0.15, 0.2) is 0 Å². The van der Waals surface area contributed by atoms with Crippen molar-refractivity contribution in [3.8, 4) is 0 Å². The molecule has 1 amide bonds. The molecule has 1 aromatic carbocycles. The molecule has 122 valence electrons. The van der Waals surface area contributed by atoms with Gasteiger partial charge in [0.25, 0.3) is 0 Å². The second-order valence-corrected chi connectivity index (χ2v) is 7.47. The van der Waals surface area contributed by atoms with Crippen LogP contribution < -0.4 is 10.6 Å². The summed E-state index contributed by atoms with van der Waals surface area (Å²) in [4.78, 5) is 23.8. The van der Waals surface area contributed by atoms with Crippen LogP contribution in [-0.2, 0) is 11.2 Å². The molecule has 0 atom stereocenters. The molecule has 4 rings (SSSR count). The van der Waals surface area contributed by atoms with Gasteiger partial charge in [-0.2, -0.15) is 0 Å². The van der Waals surface area contributed by atoms with Crippen molar-refractivity contribution < 1.29 is 4.79 Å². The Bertz CT molecular complexity index is 902. The second-order valence-electron chi connectivity index (χ2n) is 6.14. The molecule has 0 aliphatic carbocycles. The zero-order chi connectivity index (χ0) is 16.7. The number of carbonyl (C=O) groups excluding carboxylic acids is 1. The molecule has 2 N–H and O–H groups in total. The van der Waals surface area contributed by atoms with Crippen molar-refractivity contribution in [2.24, 2.45) is 11.1 Å². The van der Waals surface area contributed by atoms with Gasteiger partial charge in [0.1, 0.15) is 17.0 Å². The number of aromatic nitrogens is 2. The van der Waals surface area contributed by atoms with Crippen LogP contribution >= 0.6 is 22.9 Å². The minimum absolute atomic E-state index is 0.274. The average Bonchev–Trinajstić information content (AvgIpc) is 3.01. The highest BCUT2D eigenvalue weighted by Crippen LogP contribution is 2.39. The molecule has 2 aromatic heterocycles. The van der Waals surface area contributed by atoms with Crippen LogP contribution in [0.2, 0.25) is 5.02 Å². The number of halogens is 1. The van der Waals surface area contributed by atoms with Gasteiger partial charge in [0, 0.05) is 18.1 Å². The fourth-order valence-corrected chi connectivity index (χ4v) is 4.06. The number of anilines is 1. The first-order valence-corrected chi connectivity index (χ1v) is 8.81. The monoisotopic (exact) mass is 358 g/mol. The maximum atomic E-state index is 12.1. The third kappa shape index (κ3) is 2.52. The molecule has 0 saturated carbocycles. The van der Waals surface area contributed by atoms with Crippen LogP contribution in [0.3, 0.4) is 0 Å². The second kappa shape index (κ2) is 5.72. The van der Waals surface area contributed by atoms with Gasteiger partial charge in [-0.3, -0.25) is 4.79 Å². The lowest BCUT2D eigenvalue weighted by Gasteiger charge is -2.49. The molecule has 0 spiro atoms. The minimum Gasteiger partial charge on any atom is -0.369 e. The predicted octanol–water partition coefficient (Wildman–Crippen LogP) is 2.88. The summed E-state index contributed by atoms with van der Waals surface area (Å²) in [5, 5.41) is 3.70. The van der Waals surface area contributed by atoms with E-state index < -0.39 is 5.41 Å². The number of benzene rings is 1. The van der Waals surface area contributed by atoms with E-state index >= 15 is 0 Å². The Morgan fingerprint density at radius 2 is 2.00 bits per heavy atom. The Hall–Kier alpha value is -2.18. The lowest BCUT2D eigenvalue weighted by atomic mass is 9.74.